The molecule has 4 nitrogen and oxygen atoms in total. The number of aryl methyl sites for hydroxylation is 2. The number of benzene rings is 1. The summed E-state index contributed by atoms with van der Waals surface area (Å²) in [6.07, 6.45) is 5.30. The van der Waals surface area contributed by atoms with Gasteiger partial charge in [-0.05, 0) is 55.4 Å². The highest BCUT2D eigenvalue weighted by atomic mass is 32.2. The molecule has 0 aromatic heterocycles. The van der Waals surface area contributed by atoms with Crippen molar-refractivity contribution >= 4 is 10.0 Å². The zero-order valence-corrected chi connectivity index (χ0v) is 13.4. The van der Waals surface area contributed by atoms with Gasteiger partial charge in [0.2, 0.25) is 10.0 Å². The Labute approximate surface area is 127 Å². The highest BCUT2D eigenvalue weighted by Gasteiger charge is 2.30. The fourth-order valence-electron chi connectivity index (χ4n) is 3.18. The Hall–Kier alpha value is -0.910. The van der Waals surface area contributed by atoms with E-state index >= 15 is 0 Å². The average molecular weight is 309 g/mol. The number of nitrogens with zero attached hydrogens (tertiary/aromatic N) is 1. The molecular weight excluding hydrogens is 286 g/mol. The van der Waals surface area contributed by atoms with Crippen molar-refractivity contribution in [3.63, 3.8) is 0 Å². The van der Waals surface area contributed by atoms with Crippen molar-refractivity contribution in [2.24, 2.45) is 0 Å². The number of hydrogen-bond acceptors (Lipinski definition) is 3. The van der Waals surface area contributed by atoms with Gasteiger partial charge in [0.25, 0.3) is 0 Å². The van der Waals surface area contributed by atoms with E-state index in [-0.39, 0.29) is 6.10 Å². The normalized spacial score (nSPS) is 23.8. The van der Waals surface area contributed by atoms with Crippen LogP contribution in [0.2, 0.25) is 0 Å². The molecule has 1 unspecified atom stereocenters. The lowest BCUT2D eigenvalue weighted by molar-refractivity contribution is -0.00278. The van der Waals surface area contributed by atoms with Crippen molar-refractivity contribution in [3.8, 4) is 0 Å². The standard InChI is InChI=1S/C16H23NO3S/c1-2-15-12-17(9-10-20-15)21(18,19)16-8-7-13-5-3-4-6-14(13)11-16/h7-8,11,15H,2-6,9-10,12H2,1H3. The quantitative estimate of drug-likeness (QED) is 0.861. The molecule has 21 heavy (non-hydrogen) atoms. The molecule has 2 aliphatic rings. The Balaban J connectivity index is 1.87. The highest BCUT2D eigenvalue weighted by Crippen LogP contribution is 2.26. The first-order valence-corrected chi connectivity index (χ1v) is 9.29. The van der Waals surface area contributed by atoms with Crippen molar-refractivity contribution < 1.29 is 13.2 Å². The van der Waals surface area contributed by atoms with Crippen molar-refractivity contribution in [2.75, 3.05) is 19.7 Å². The van der Waals surface area contributed by atoms with Crippen LogP contribution in [0.25, 0.3) is 0 Å². The number of morpholine rings is 1. The zero-order valence-electron chi connectivity index (χ0n) is 12.5. The number of sulfonamides is 1. The zero-order chi connectivity index (χ0) is 14.9. The van der Waals surface area contributed by atoms with Gasteiger partial charge in [-0.1, -0.05) is 13.0 Å². The third kappa shape index (κ3) is 3.00. The van der Waals surface area contributed by atoms with Crippen LogP contribution in [0, 0.1) is 0 Å². The van der Waals surface area contributed by atoms with Crippen LogP contribution in [0.4, 0.5) is 0 Å². The van der Waals surface area contributed by atoms with Gasteiger partial charge in [0.1, 0.15) is 0 Å². The molecule has 0 amide bonds. The number of fused-ring (bicyclic) bond motifs is 1. The summed E-state index contributed by atoms with van der Waals surface area (Å²) in [5.41, 5.74) is 2.52. The monoisotopic (exact) mass is 309 g/mol. The van der Waals surface area contributed by atoms with E-state index in [0.29, 0.717) is 24.6 Å². The fraction of sp³-hybridized carbons (Fsp3) is 0.625. The van der Waals surface area contributed by atoms with E-state index in [1.54, 1.807) is 10.4 Å². The van der Waals surface area contributed by atoms with Crippen LogP contribution in [-0.2, 0) is 27.6 Å². The largest absolute Gasteiger partial charge is 0.375 e. The Kier molecular flexibility index (Phi) is 4.33. The first-order valence-electron chi connectivity index (χ1n) is 7.85. The van der Waals surface area contributed by atoms with E-state index in [9.17, 15) is 8.42 Å². The summed E-state index contributed by atoms with van der Waals surface area (Å²) in [5.74, 6) is 0. The van der Waals surface area contributed by atoms with Gasteiger partial charge in [0.05, 0.1) is 17.6 Å². The first kappa shape index (κ1) is 15.0. The Bertz CT molecular complexity index is 612. The summed E-state index contributed by atoms with van der Waals surface area (Å²) < 4.78 is 32.8. The van der Waals surface area contributed by atoms with Gasteiger partial charge in [0.15, 0.2) is 0 Å². The summed E-state index contributed by atoms with van der Waals surface area (Å²) in [5, 5.41) is 0. The fourth-order valence-corrected chi connectivity index (χ4v) is 4.68. The summed E-state index contributed by atoms with van der Waals surface area (Å²) in [7, 11) is -3.39. The smallest absolute Gasteiger partial charge is 0.243 e. The second-order valence-electron chi connectivity index (χ2n) is 5.90. The minimum Gasteiger partial charge on any atom is -0.375 e. The lowest BCUT2D eigenvalue weighted by Gasteiger charge is -2.32. The van der Waals surface area contributed by atoms with Gasteiger partial charge in [-0.25, -0.2) is 8.42 Å². The van der Waals surface area contributed by atoms with Gasteiger partial charge in [-0.15, -0.1) is 0 Å². The topological polar surface area (TPSA) is 46.6 Å². The molecule has 0 radical (unpaired) electrons. The molecule has 1 aromatic rings. The molecule has 1 aromatic carbocycles. The van der Waals surface area contributed by atoms with Crippen LogP contribution in [-0.4, -0.2) is 38.5 Å². The van der Waals surface area contributed by atoms with Crippen molar-refractivity contribution in [1.29, 1.82) is 0 Å². The molecule has 0 N–H and O–H groups in total. The Morgan fingerprint density at radius 1 is 1.24 bits per heavy atom. The Morgan fingerprint density at radius 3 is 2.76 bits per heavy atom. The van der Waals surface area contributed by atoms with Crippen LogP contribution < -0.4 is 0 Å². The molecule has 1 aliphatic heterocycles. The second kappa shape index (κ2) is 6.07. The predicted octanol–water partition coefficient (Wildman–Crippen LogP) is 2.36. The lowest BCUT2D eigenvalue weighted by atomic mass is 9.92. The van der Waals surface area contributed by atoms with Crippen molar-refractivity contribution in [2.45, 2.75) is 50.0 Å². The minimum absolute atomic E-state index is 0.0196. The van der Waals surface area contributed by atoms with Gasteiger partial charge >= 0.3 is 0 Å². The minimum atomic E-state index is -3.39. The van der Waals surface area contributed by atoms with E-state index < -0.39 is 10.0 Å². The molecule has 1 heterocycles. The van der Waals surface area contributed by atoms with Gasteiger partial charge in [0, 0.05) is 13.1 Å². The molecule has 1 saturated heterocycles. The highest BCUT2D eigenvalue weighted by molar-refractivity contribution is 7.89. The molecule has 1 aliphatic carbocycles. The number of rotatable bonds is 3. The molecule has 1 atom stereocenters. The number of hydrogen-bond donors (Lipinski definition) is 0. The molecule has 0 saturated carbocycles. The summed E-state index contributed by atoms with van der Waals surface area (Å²) >= 11 is 0. The maximum absolute atomic E-state index is 12.8. The molecule has 0 bridgehead atoms. The van der Waals surface area contributed by atoms with E-state index in [1.165, 1.54) is 17.5 Å². The maximum atomic E-state index is 12.8. The van der Waals surface area contributed by atoms with Crippen LogP contribution in [0.15, 0.2) is 23.1 Å². The molecule has 3 rings (SSSR count). The van der Waals surface area contributed by atoms with Crippen LogP contribution in [0.3, 0.4) is 0 Å². The molecular formula is C16H23NO3S. The first-order chi connectivity index (χ1) is 10.1. The molecule has 0 spiro atoms. The average Bonchev–Trinajstić information content (AvgIpc) is 2.54. The molecule has 116 valence electrons. The van der Waals surface area contributed by atoms with Crippen LogP contribution in [0.5, 0.6) is 0 Å². The van der Waals surface area contributed by atoms with E-state index in [1.807, 2.05) is 19.1 Å². The van der Waals surface area contributed by atoms with Crippen molar-refractivity contribution in [1.82, 2.24) is 4.31 Å². The van der Waals surface area contributed by atoms with Gasteiger partial charge < -0.3 is 4.74 Å². The maximum Gasteiger partial charge on any atom is 0.243 e. The van der Waals surface area contributed by atoms with Gasteiger partial charge in [-0.3, -0.25) is 0 Å². The third-order valence-electron chi connectivity index (χ3n) is 4.51. The van der Waals surface area contributed by atoms with Crippen molar-refractivity contribution in [3.05, 3.63) is 29.3 Å². The SMILES string of the molecule is CCC1CN(S(=O)(=O)c2ccc3c(c2)CCCC3)CCO1. The molecule has 5 heteroatoms. The summed E-state index contributed by atoms with van der Waals surface area (Å²) in [4.78, 5) is 0.444. The van der Waals surface area contributed by atoms with Crippen LogP contribution >= 0.6 is 0 Å². The Morgan fingerprint density at radius 2 is 2.00 bits per heavy atom. The van der Waals surface area contributed by atoms with Crippen LogP contribution in [0.1, 0.15) is 37.3 Å². The summed E-state index contributed by atoms with van der Waals surface area (Å²) in [6.45, 7) is 3.44. The lowest BCUT2D eigenvalue weighted by Crippen LogP contribution is -2.45. The van der Waals surface area contributed by atoms with E-state index in [4.69, 9.17) is 4.74 Å². The summed E-state index contributed by atoms with van der Waals surface area (Å²) in [6, 6.07) is 5.66. The van der Waals surface area contributed by atoms with E-state index in [0.717, 1.165) is 25.7 Å². The molecule has 1 fully saturated rings. The number of ether oxygens (including phenoxy) is 1. The predicted molar refractivity (Wildman–Crippen MR) is 81.9 cm³/mol. The third-order valence-corrected chi connectivity index (χ3v) is 6.38. The van der Waals surface area contributed by atoms with Gasteiger partial charge in [-0.2, -0.15) is 4.31 Å². The van der Waals surface area contributed by atoms with E-state index in [2.05, 4.69) is 0 Å². The second-order valence-corrected chi connectivity index (χ2v) is 7.84.